The molecule has 4 rings (SSSR count). The van der Waals surface area contributed by atoms with Gasteiger partial charge < -0.3 is 15.0 Å². The van der Waals surface area contributed by atoms with Crippen molar-refractivity contribution in [2.45, 2.75) is 13.0 Å². The highest BCUT2D eigenvalue weighted by molar-refractivity contribution is 7.73. The predicted octanol–water partition coefficient (Wildman–Crippen LogP) is 3.85. The van der Waals surface area contributed by atoms with Crippen molar-refractivity contribution in [1.29, 1.82) is 0 Å². The van der Waals surface area contributed by atoms with Crippen LogP contribution in [0.1, 0.15) is 38.6 Å². The van der Waals surface area contributed by atoms with Gasteiger partial charge in [0.1, 0.15) is 10.5 Å². The number of methoxy groups -OCH3 is 1. The maximum Gasteiger partial charge on any atom is 0.337 e. The lowest BCUT2D eigenvalue weighted by Crippen LogP contribution is -2.26. The summed E-state index contributed by atoms with van der Waals surface area (Å²) in [6, 6.07) is 13.9. The van der Waals surface area contributed by atoms with Crippen molar-refractivity contribution < 1.29 is 14.3 Å². The smallest absolute Gasteiger partial charge is 0.337 e. The maximum absolute atomic E-state index is 13.0. The van der Waals surface area contributed by atoms with Crippen molar-refractivity contribution in [3.8, 4) is 0 Å². The van der Waals surface area contributed by atoms with Gasteiger partial charge in [-0.05, 0) is 42.9 Å². The van der Waals surface area contributed by atoms with Crippen molar-refractivity contribution in [3.05, 3.63) is 78.8 Å². The molecule has 0 spiro atoms. The van der Waals surface area contributed by atoms with Gasteiger partial charge >= 0.3 is 5.97 Å². The molecule has 0 aliphatic rings. The number of H-pyrrole nitrogens is 1. The number of nitrogens with one attached hydrogen (secondary N) is 2. The monoisotopic (exact) mass is 439 g/mol. The zero-order valence-corrected chi connectivity index (χ0v) is 17.7. The number of hydrogen-bond acceptors (Lipinski definition) is 6. The SMILES string of the molecule is COC(=O)c1ccc2c(=O)[nH]c3c(C(=O)NC(C)c4ccccc4)sc(=S)n3c2c1. The molecule has 1 amide bonds. The van der Waals surface area contributed by atoms with Crippen LogP contribution in [-0.2, 0) is 4.74 Å². The van der Waals surface area contributed by atoms with E-state index in [4.69, 9.17) is 17.0 Å². The minimum atomic E-state index is -0.526. The first-order chi connectivity index (χ1) is 14.4. The van der Waals surface area contributed by atoms with Crippen LogP contribution >= 0.6 is 23.6 Å². The van der Waals surface area contributed by atoms with Crippen molar-refractivity contribution in [2.24, 2.45) is 0 Å². The number of rotatable bonds is 4. The highest BCUT2D eigenvalue weighted by Crippen LogP contribution is 2.24. The number of thiazole rings is 1. The average molecular weight is 440 g/mol. The summed E-state index contributed by atoms with van der Waals surface area (Å²) in [5, 5.41) is 3.30. The number of nitrogens with zero attached hydrogens (tertiary/aromatic N) is 1. The minimum absolute atomic E-state index is 0.229. The highest BCUT2D eigenvalue weighted by atomic mass is 32.1. The fourth-order valence-corrected chi connectivity index (χ4v) is 4.56. The summed E-state index contributed by atoms with van der Waals surface area (Å²) in [6.45, 7) is 1.88. The number of aromatic amines is 1. The van der Waals surface area contributed by atoms with E-state index in [9.17, 15) is 14.4 Å². The number of hydrogen-bond donors (Lipinski definition) is 2. The van der Waals surface area contributed by atoms with Crippen LogP contribution in [0.5, 0.6) is 0 Å². The Labute approximate surface area is 179 Å². The van der Waals surface area contributed by atoms with Crippen LogP contribution in [0.25, 0.3) is 16.6 Å². The van der Waals surface area contributed by atoms with Crippen LogP contribution in [-0.4, -0.2) is 28.4 Å². The second kappa shape index (κ2) is 7.85. The molecule has 7 nitrogen and oxygen atoms in total. The van der Waals surface area contributed by atoms with Gasteiger partial charge in [0.15, 0.2) is 3.95 Å². The lowest BCUT2D eigenvalue weighted by Gasteiger charge is -2.13. The molecule has 2 heterocycles. The predicted molar refractivity (Wildman–Crippen MR) is 118 cm³/mol. The molecule has 0 saturated heterocycles. The molecule has 1 atom stereocenters. The van der Waals surface area contributed by atoms with E-state index in [0.717, 1.165) is 16.9 Å². The molecule has 2 N–H and O–H groups in total. The molecule has 0 saturated carbocycles. The van der Waals surface area contributed by atoms with Crippen molar-refractivity contribution in [3.63, 3.8) is 0 Å². The number of fused-ring (bicyclic) bond motifs is 3. The standard InChI is InChI=1S/C21H17N3O4S2/c1-11(12-6-4-3-5-7-12)22-19(26)16-17-23-18(25)14-9-8-13(20(27)28-2)10-15(14)24(17)21(29)30-16/h3-11H,1-2H3,(H,22,26)(H,23,25). The third-order valence-electron chi connectivity index (χ3n) is 4.80. The van der Waals surface area contributed by atoms with Crippen LogP contribution in [0.15, 0.2) is 53.3 Å². The first kappa shape index (κ1) is 20.0. The van der Waals surface area contributed by atoms with Crippen molar-refractivity contribution in [2.75, 3.05) is 7.11 Å². The van der Waals surface area contributed by atoms with Gasteiger partial charge in [-0.25, -0.2) is 4.79 Å². The van der Waals surface area contributed by atoms with Gasteiger partial charge in [-0.2, -0.15) is 0 Å². The second-order valence-corrected chi connectivity index (χ2v) is 8.31. The van der Waals surface area contributed by atoms with Gasteiger partial charge in [-0.15, -0.1) is 0 Å². The lowest BCUT2D eigenvalue weighted by molar-refractivity contribution is 0.0600. The molecule has 0 bridgehead atoms. The Hall–Kier alpha value is -3.30. The van der Waals surface area contributed by atoms with Crippen LogP contribution in [0.4, 0.5) is 0 Å². The van der Waals surface area contributed by atoms with Gasteiger partial charge in [0.05, 0.1) is 29.6 Å². The van der Waals surface area contributed by atoms with Crippen molar-refractivity contribution >= 4 is 52.0 Å². The summed E-state index contributed by atoms with van der Waals surface area (Å²) in [6.07, 6.45) is 0. The van der Waals surface area contributed by atoms with E-state index in [0.29, 0.717) is 25.4 Å². The summed E-state index contributed by atoms with van der Waals surface area (Å²) in [5.74, 6) is -0.870. The normalized spacial score (nSPS) is 12.1. The number of carbonyl (C=O) groups is 2. The Morgan fingerprint density at radius 1 is 1.20 bits per heavy atom. The third-order valence-corrected chi connectivity index (χ3v) is 6.17. The van der Waals surface area contributed by atoms with E-state index in [-0.39, 0.29) is 23.1 Å². The molecule has 0 aliphatic carbocycles. The number of ether oxygens (including phenoxy) is 1. The van der Waals surface area contributed by atoms with Gasteiger partial charge in [-0.1, -0.05) is 41.7 Å². The Kier molecular flexibility index (Phi) is 5.23. The number of carbonyl (C=O) groups excluding carboxylic acids is 2. The van der Waals surface area contributed by atoms with E-state index in [1.165, 1.54) is 19.2 Å². The molecule has 2 aromatic heterocycles. The largest absolute Gasteiger partial charge is 0.465 e. The molecule has 0 radical (unpaired) electrons. The minimum Gasteiger partial charge on any atom is -0.465 e. The van der Waals surface area contributed by atoms with E-state index < -0.39 is 5.97 Å². The first-order valence-corrected chi connectivity index (χ1v) is 10.3. The molecule has 4 aromatic rings. The fourth-order valence-electron chi connectivity index (χ4n) is 3.28. The van der Waals surface area contributed by atoms with E-state index in [1.54, 1.807) is 10.5 Å². The molecular weight excluding hydrogens is 422 g/mol. The number of benzene rings is 2. The fraction of sp³-hybridized carbons (Fsp3) is 0.143. The van der Waals surface area contributed by atoms with Crippen LogP contribution in [0.3, 0.4) is 0 Å². The molecule has 152 valence electrons. The summed E-state index contributed by atoms with van der Waals surface area (Å²) in [7, 11) is 1.28. The Morgan fingerprint density at radius 2 is 1.93 bits per heavy atom. The topological polar surface area (TPSA) is 92.7 Å². The quantitative estimate of drug-likeness (QED) is 0.372. The van der Waals surface area contributed by atoms with Gasteiger partial charge in [0.2, 0.25) is 0 Å². The van der Waals surface area contributed by atoms with E-state index >= 15 is 0 Å². The van der Waals surface area contributed by atoms with E-state index in [2.05, 4.69) is 10.3 Å². The highest BCUT2D eigenvalue weighted by Gasteiger charge is 2.20. The molecular formula is C21H17N3O4S2. The summed E-state index contributed by atoms with van der Waals surface area (Å²) < 4.78 is 6.75. The summed E-state index contributed by atoms with van der Waals surface area (Å²) in [4.78, 5) is 40.6. The van der Waals surface area contributed by atoms with Gasteiger partial charge in [-0.3, -0.25) is 14.0 Å². The molecule has 9 heteroatoms. The lowest BCUT2D eigenvalue weighted by atomic mass is 10.1. The summed E-state index contributed by atoms with van der Waals surface area (Å²) >= 11 is 6.57. The Balaban J connectivity index is 1.84. The van der Waals surface area contributed by atoms with Crippen LogP contribution in [0, 0.1) is 3.95 Å². The number of esters is 1. The molecule has 1 unspecified atom stereocenters. The van der Waals surface area contributed by atoms with Gasteiger partial charge in [0.25, 0.3) is 11.5 Å². The van der Waals surface area contributed by atoms with Crippen LogP contribution < -0.4 is 10.9 Å². The molecule has 0 fully saturated rings. The average Bonchev–Trinajstić information content (AvgIpc) is 3.09. The van der Waals surface area contributed by atoms with E-state index in [1.807, 2.05) is 37.3 Å². The molecule has 30 heavy (non-hydrogen) atoms. The number of aromatic nitrogens is 2. The summed E-state index contributed by atoms with van der Waals surface area (Å²) in [5.41, 5.74) is 1.60. The maximum atomic E-state index is 13.0. The van der Waals surface area contributed by atoms with Gasteiger partial charge in [0, 0.05) is 0 Å². The third kappa shape index (κ3) is 3.42. The molecule has 2 aromatic carbocycles. The molecule has 0 aliphatic heterocycles. The van der Waals surface area contributed by atoms with Crippen molar-refractivity contribution in [1.82, 2.24) is 14.7 Å². The zero-order chi connectivity index (χ0) is 21.4. The first-order valence-electron chi connectivity index (χ1n) is 9.06. The second-order valence-electron chi connectivity index (χ2n) is 6.66. The Morgan fingerprint density at radius 3 is 2.63 bits per heavy atom. The van der Waals surface area contributed by atoms with Crippen LogP contribution in [0.2, 0.25) is 0 Å². The zero-order valence-electron chi connectivity index (χ0n) is 16.1. The Bertz CT molecular complexity index is 1400. The number of amides is 1.